The van der Waals surface area contributed by atoms with Crippen molar-refractivity contribution in [2.75, 3.05) is 7.11 Å². The lowest BCUT2D eigenvalue weighted by Crippen LogP contribution is -2.19. The number of nitro benzene ring substituents is 1. The first kappa shape index (κ1) is 13.7. The lowest BCUT2D eigenvalue weighted by Gasteiger charge is -2.08. The highest BCUT2D eigenvalue weighted by Crippen LogP contribution is 2.26. The van der Waals surface area contributed by atoms with E-state index in [-0.39, 0.29) is 16.8 Å². The Balaban J connectivity index is 2.93. The van der Waals surface area contributed by atoms with Crippen LogP contribution in [0.3, 0.4) is 0 Å². The average molecular weight is 276 g/mol. The summed E-state index contributed by atoms with van der Waals surface area (Å²) in [6.07, 6.45) is 0. The van der Waals surface area contributed by atoms with Gasteiger partial charge in [0.25, 0.3) is 11.2 Å². The Morgan fingerprint density at radius 1 is 1.35 bits per heavy atom. The van der Waals surface area contributed by atoms with E-state index in [0.717, 1.165) is 7.11 Å². The first-order chi connectivity index (χ1) is 9.36. The van der Waals surface area contributed by atoms with Gasteiger partial charge in [-0.3, -0.25) is 14.9 Å². The SMILES string of the molecule is COC(=O)c1cc2c(cc1[N+](=O)[O-])cc(C)c(=O)n2C. The fourth-order valence-corrected chi connectivity index (χ4v) is 2.09. The highest BCUT2D eigenvalue weighted by atomic mass is 16.6. The molecule has 7 nitrogen and oxygen atoms in total. The van der Waals surface area contributed by atoms with Crippen LogP contribution >= 0.6 is 0 Å². The van der Waals surface area contributed by atoms with Crippen LogP contribution in [0.4, 0.5) is 5.69 Å². The monoisotopic (exact) mass is 276 g/mol. The van der Waals surface area contributed by atoms with Crippen LogP contribution in [0, 0.1) is 17.0 Å². The van der Waals surface area contributed by atoms with E-state index in [2.05, 4.69) is 4.74 Å². The van der Waals surface area contributed by atoms with Crippen molar-refractivity contribution in [2.24, 2.45) is 7.05 Å². The van der Waals surface area contributed by atoms with E-state index in [9.17, 15) is 19.7 Å². The molecule has 0 unspecified atom stereocenters. The van der Waals surface area contributed by atoms with Crippen LogP contribution in [0.5, 0.6) is 0 Å². The van der Waals surface area contributed by atoms with Gasteiger partial charge in [0.15, 0.2) is 0 Å². The second-order valence-corrected chi connectivity index (χ2v) is 4.37. The van der Waals surface area contributed by atoms with Crippen molar-refractivity contribution < 1.29 is 14.5 Å². The molecule has 0 saturated heterocycles. The van der Waals surface area contributed by atoms with E-state index >= 15 is 0 Å². The minimum absolute atomic E-state index is 0.177. The number of pyridine rings is 1. The van der Waals surface area contributed by atoms with Crippen LogP contribution in [-0.4, -0.2) is 22.6 Å². The molecule has 0 spiro atoms. The van der Waals surface area contributed by atoms with E-state index in [1.54, 1.807) is 20.0 Å². The Kier molecular flexibility index (Phi) is 3.27. The summed E-state index contributed by atoms with van der Waals surface area (Å²) in [6, 6.07) is 4.14. The van der Waals surface area contributed by atoms with Gasteiger partial charge in [0.1, 0.15) is 5.56 Å². The molecule has 0 saturated carbocycles. The van der Waals surface area contributed by atoms with Crippen molar-refractivity contribution in [3.05, 3.63) is 49.8 Å². The Labute approximate surface area is 113 Å². The maximum atomic E-state index is 11.9. The fourth-order valence-electron chi connectivity index (χ4n) is 2.09. The minimum atomic E-state index is -0.813. The second-order valence-electron chi connectivity index (χ2n) is 4.37. The molecule has 0 bridgehead atoms. The summed E-state index contributed by atoms with van der Waals surface area (Å²) in [5.74, 6) is -0.813. The molecule has 1 heterocycles. The molecule has 2 aromatic rings. The third kappa shape index (κ3) is 2.03. The number of ether oxygens (including phenoxy) is 1. The molecule has 0 atom stereocenters. The van der Waals surface area contributed by atoms with Crippen LogP contribution in [0.15, 0.2) is 23.0 Å². The molecule has 0 aliphatic carbocycles. The van der Waals surface area contributed by atoms with E-state index in [0.29, 0.717) is 16.5 Å². The fraction of sp³-hybridized carbons (Fsp3) is 0.231. The number of rotatable bonds is 2. The van der Waals surface area contributed by atoms with Crippen LogP contribution in [-0.2, 0) is 11.8 Å². The number of benzene rings is 1. The van der Waals surface area contributed by atoms with Gasteiger partial charge in [-0.25, -0.2) is 4.79 Å². The topological polar surface area (TPSA) is 91.4 Å². The number of hydrogen-bond donors (Lipinski definition) is 0. The Morgan fingerprint density at radius 2 is 2.00 bits per heavy atom. The maximum absolute atomic E-state index is 11.9. The zero-order chi connectivity index (χ0) is 15.0. The van der Waals surface area contributed by atoms with E-state index in [4.69, 9.17) is 0 Å². The predicted octanol–water partition coefficient (Wildman–Crippen LogP) is 1.54. The number of fused-ring (bicyclic) bond motifs is 1. The van der Waals surface area contributed by atoms with E-state index in [1.807, 2.05) is 0 Å². The van der Waals surface area contributed by atoms with Crippen molar-refractivity contribution in [1.29, 1.82) is 0 Å². The largest absolute Gasteiger partial charge is 0.465 e. The zero-order valence-corrected chi connectivity index (χ0v) is 11.2. The molecular formula is C13H12N2O5. The maximum Gasteiger partial charge on any atom is 0.344 e. The number of nitrogens with zero attached hydrogens (tertiary/aromatic N) is 2. The van der Waals surface area contributed by atoms with Crippen molar-refractivity contribution in [3.63, 3.8) is 0 Å². The number of aryl methyl sites for hydroxylation is 2. The van der Waals surface area contributed by atoms with Gasteiger partial charge in [0.2, 0.25) is 0 Å². The molecule has 1 aromatic heterocycles. The number of carbonyl (C=O) groups excluding carboxylic acids is 1. The van der Waals surface area contributed by atoms with Crippen molar-refractivity contribution in [3.8, 4) is 0 Å². The third-order valence-corrected chi connectivity index (χ3v) is 3.12. The van der Waals surface area contributed by atoms with E-state index < -0.39 is 10.9 Å². The molecule has 1 aromatic carbocycles. The van der Waals surface area contributed by atoms with Crippen molar-refractivity contribution in [1.82, 2.24) is 4.57 Å². The summed E-state index contributed by atoms with van der Waals surface area (Å²) in [4.78, 5) is 33.9. The summed E-state index contributed by atoms with van der Waals surface area (Å²) >= 11 is 0. The molecule has 20 heavy (non-hydrogen) atoms. The number of nitro groups is 1. The lowest BCUT2D eigenvalue weighted by molar-refractivity contribution is -0.385. The summed E-state index contributed by atoms with van der Waals surface area (Å²) in [5.41, 5.74) is 0.167. The Bertz CT molecular complexity index is 791. The minimum Gasteiger partial charge on any atom is -0.465 e. The van der Waals surface area contributed by atoms with Gasteiger partial charge in [-0.1, -0.05) is 0 Å². The van der Waals surface area contributed by atoms with Crippen LogP contribution in [0.2, 0.25) is 0 Å². The van der Waals surface area contributed by atoms with Gasteiger partial charge in [-0.05, 0) is 19.1 Å². The molecule has 2 rings (SSSR count). The Morgan fingerprint density at radius 3 is 2.55 bits per heavy atom. The first-order valence-electron chi connectivity index (χ1n) is 5.74. The van der Waals surface area contributed by atoms with Crippen LogP contribution in [0.25, 0.3) is 10.9 Å². The highest BCUT2D eigenvalue weighted by Gasteiger charge is 2.23. The summed E-state index contributed by atoms with van der Waals surface area (Å²) < 4.78 is 5.89. The molecule has 0 amide bonds. The van der Waals surface area contributed by atoms with Crippen molar-refractivity contribution >= 4 is 22.6 Å². The second kappa shape index (κ2) is 4.76. The standard InChI is InChI=1S/C13H12N2O5/c1-7-4-8-5-11(15(18)19)9(13(17)20-3)6-10(8)14(2)12(7)16/h4-6H,1-3H3. The molecule has 0 aliphatic rings. The number of esters is 1. The molecular weight excluding hydrogens is 264 g/mol. The van der Waals surface area contributed by atoms with Gasteiger partial charge in [0, 0.05) is 24.1 Å². The van der Waals surface area contributed by atoms with Crippen LogP contribution < -0.4 is 5.56 Å². The average Bonchev–Trinajstić information content (AvgIpc) is 2.42. The Hall–Kier alpha value is -2.70. The van der Waals surface area contributed by atoms with Gasteiger partial charge in [-0.15, -0.1) is 0 Å². The first-order valence-corrected chi connectivity index (χ1v) is 5.74. The molecule has 0 N–H and O–H groups in total. The highest BCUT2D eigenvalue weighted by molar-refractivity contribution is 5.99. The lowest BCUT2D eigenvalue weighted by atomic mass is 10.1. The third-order valence-electron chi connectivity index (χ3n) is 3.12. The molecule has 104 valence electrons. The normalized spacial score (nSPS) is 10.6. The molecule has 0 radical (unpaired) electrons. The molecule has 7 heteroatoms. The smallest absolute Gasteiger partial charge is 0.344 e. The summed E-state index contributed by atoms with van der Waals surface area (Å²) in [7, 11) is 2.69. The summed E-state index contributed by atoms with van der Waals surface area (Å²) in [6.45, 7) is 1.63. The quantitative estimate of drug-likeness (QED) is 0.471. The molecule has 0 fully saturated rings. The molecule has 0 aliphatic heterocycles. The van der Waals surface area contributed by atoms with Gasteiger partial charge in [0.05, 0.1) is 17.5 Å². The predicted molar refractivity (Wildman–Crippen MR) is 71.9 cm³/mol. The summed E-state index contributed by atoms with van der Waals surface area (Å²) in [5, 5.41) is 11.6. The van der Waals surface area contributed by atoms with E-state index in [1.165, 1.54) is 16.7 Å². The number of aromatic nitrogens is 1. The van der Waals surface area contributed by atoms with Crippen LogP contribution in [0.1, 0.15) is 15.9 Å². The number of carbonyl (C=O) groups is 1. The number of hydrogen-bond acceptors (Lipinski definition) is 5. The van der Waals surface area contributed by atoms with Gasteiger partial charge >= 0.3 is 5.97 Å². The van der Waals surface area contributed by atoms with Crippen molar-refractivity contribution in [2.45, 2.75) is 6.92 Å². The van der Waals surface area contributed by atoms with Gasteiger partial charge < -0.3 is 9.30 Å². The van der Waals surface area contributed by atoms with Gasteiger partial charge in [-0.2, -0.15) is 0 Å². The number of methoxy groups -OCH3 is 1. The zero-order valence-electron chi connectivity index (χ0n) is 11.2.